The van der Waals surface area contributed by atoms with Crippen molar-refractivity contribution in [3.05, 3.63) is 64.5 Å². The first-order valence-corrected chi connectivity index (χ1v) is 13.1. The molecule has 0 fully saturated rings. The number of ether oxygens (including phenoxy) is 3. The number of hydrogen-bond donors (Lipinski definition) is 0. The number of pyridine rings is 1. The van der Waals surface area contributed by atoms with Crippen molar-refractivity contribution in [2.75, 3.05) is 4.90 Å². The third-order valence-corrected chi connectivity index (χ3v) is 6.02. The summed E-state index contributed by atoms with van der Waals surface area (Å²) in [6.45, 7) is 10.3. The Morgan fingerprint density at radius 2 is 1.53 bits per heavy atom. The van der Waals surface area contributed by atoms with E-state index in [1.165, 1.54) is 12.4 Å². The van der Waals surface area contributed by atoms with Crippen molar-refractivity contribution in [3.63, 3.8) is 0 Å². The summed E-state index contributed by atoms with van der Waals surface area (Å²) in [6.07, 6.45) is 0.900. The number of aromatic nitrogens is 3. The van der Waals surface area contributed by atoms with Crippen LogP contribution in [0.5, 0.6) is 5.88 Å². The summed E-state index contributed by atoms with van der Waals surface area (Å²) in [6, 6.07) is 11.2. The van der Waals surface area contributed by atoms with Crippen LogP contribution < -0.4 is 9.64 Å². The molecule has 0 saturated carbocycles. The maximum absolute atomic E-state index is 13.0. The zero-order valence-corrected chi connectivity index (χ0v) is 24.1. The lowest BCUT2D eigenvalue weighted by atomic mass is 10.2. The molecule has 12 heteroatoms. The van der Waals surface area contributed by atoms with Crippen LogP contribution in [-0.2, 0) is 16.1 Å². The highest BCUT2D eigenvalue weighted by Gasteiger charge is 2.35. The summed E-state index contributed by atoms with van der Waals surface area (Å²) in [7, 11) is 0. The van der Waals surface area contributed by atoms with Crippen LogP contribution in [0, 0.1) is 0 Å². The lowest BCUT2D eigenvalue weighted by molar-refractivity contribution is 0.0429. The van der Waals surface area contributed by atoms with E-state index in [4.69, 9.17) is 37.4 Å². The smallest absolute Gasteiger partial charge is 0.425 e. The van der Waals surface area contributed by atoms with Gasteiger partial charge in [-0.2, -0.15) is 4.90 Å². The number of rotatable bonds is 6. The fourth-order valence-corrected chi connectivity index (χ4v) is 4.06. The average molecular weight is 580 g/mol. The minimum Gasteiger partial charge on any atom is -0.471 e. The Kier molecular flexibility index (Phi) is 9.45. The fraction of sp³-hybridized carbons (Fsp3) is 0.346. The molecular formula is C26H28Cl2N4O5S. The van der Waals surface area contributed by atoms with Crippen molar-refractivity contribution in [1.29, 1.82) is 0 Å². The third-order valence-electron chi connectivity index (χ3n) is 4.31. The fourth-order valence-electron chi connectivity index (χ4n) is 2.83. The highest BCUT2D eigenvalue weighted by atomic mass is 35.5. The second kappa shape index (κ2) is 12.2. The van der Waals surface area contributed by atoms with Gasteiger partial charge < -0.3 is 14.2 Å². The molecule has 0 atom stereocenters. The maximum Gasteiger partial charge on any atom is 0.425 e. The number of carbonyl (C=O) groups excluding carboxylic acids is 2. The van der Waals surface area contributed by atoms with E-state index in [-0.39, 0.29) is 28.5 Å². The van der Waals surface area contributed by atoms with Gasteiger partial charge in [-0.15, -0.1) is 0 Å². The van der Waals surface area contributed by atoms with E-state index in [2.05, 4.69) is 15.0 Å². The van der Waals surface area contributed by atoms with Gasteiger partial charge in [0.15, 0.2) is 11.0 Å². The molecule has 2 heterocycles. The van der Waals surface area contributed by atoms with E-state index in [1.54, 1.807) is 47.6 Å². The molecule has 9 nitrogen and oxygen atoms in total. The Morgan fingerprint density at radius 1 is 0.921 bits per heavy atom. The quantitative estimate of drug-likeness (QED) is 0.292. The predicted molar refractivity (Wildman–Crippen MR) is 146 cm³/mol. The van der Waals surface area contributed by atoms with Gasteiger partial charge >= 0.3 is 12.2 Å². The molecule has 0 saturated heterocycles. The first-order valence-electron chi connectivity index (χ1n) is 11.5. The number of benzene rings is 1. The molecule has 0 radical (unpaired) electrons. The summed E-state index contributed by atoms with van der Waals surface area (Å²) >= 11 is 14.0. The molecule has 0 aliphatic heterocycles. The highest BCUT2D eigenvalue weighted by molar-refractivity contribution is 7.99. The van der Waals surface area contributed by atoms with Crippen LogP contribution >= 0.6 is 35.0 Å². The number of hydrogen-bond acceptors (Lipinski definition) is 9. The van der Waals surface area contributed by atoms with Crippen molar-refractivity contribution in [2.45, 2.75) is 69.3 Å². The van der Waals surface area contributed by atoms with Crippen molar-refractivity contribution in [2.24, 2.45) is 0 Å². The minimum absolute atomic E-state index is 0.0118. The molecule has 3 rings (SSSR count). The molecule has 0 aliphatic carbocycles. The van der Waals surface area contributed by atoms with Gasteiger partial charge in [-0.3, -0.25) is 0 Å². The highest BCUT2D eigenvalue weighted by Crippen LogP contribution is 2.38. The summed E-state index contributed by atoms with van der Waals surface area (Å²) in [4.78, 5) is 39.9. The number of nitrogens with zero attached hydrogens (tertiary/aromatic N) is 4. The molecular weight excluding hydrogens is 551 g/mol. The molecule has 0 unspecified atom stereocenters. The van der Waals surface area contributed by atoms with Crippen LogP contribution in [0.25, 0.3) is 0 Å². The van der Waals surface area contributed by atoms with E-state index < -0.39 is 23.4 Å². The summed E-state index contributed by atoms with van der Waals surface area (Å²) in [5.41, 5.74) is -0.828. The van der Waals surface area contributed by atoms with Crippen LogP contribution in [0.2, 0.25) is 10.2 Å². The lowest BCUT2D eigenvalue weighted by Crippen LogP contribution is -2.44. The maximum atomic E-state index is 13.0. The Morgan fingerprint density at radius 3 is 2.11 bits per heavy atom. The number of halogens is 2. The van der Waals surface area contributed by atoms with E-state index >= 15 is 0 Å². The van der Waals surface area contributed by atoms with Crippen molar-refractivity contribution < 1.29 is 23.8 Å². The molecule has 3 aromatic rings. The van der Waals surface area contributed by atoms with Crippen LogP contribution in [0.4, 0.5) is 15.4 Å². The van der Waals surface area contributed by atoms with Gasteiger partial charge in [0.1, 0.15) is 22.8 Å². The van der Waals surface area contributed by atoms with E-state index in [9.17, 15) is 9.59 Å². The largest absolute Gasteiger partial charge is 0.471 e. The van der Waals surface area contributed by atoms with Crippen molar-refractivity contribution in [1.82, 2.24) is 15.0 Å². The Hall–Kier alpha value is -3.08. The summed E-state index contributed by atoms with van der Waals surface area (Å²) in [5.74, 6) is -0.00213. The van der Waals surface area contributed by atoms with Gasteiger partial charge in [-0.25, -0.2) is 24.5 Å². The lowest BCUT2D eigenvalue weighted by Gasteiger charge is -2.28. The normalized spacial score (nSPS) is 11.6. The second-order valence-corrected chi connectivity index (χ2v) is 11.7. The van der Waals surface area contributed by atoms with Crippen LogP contribution in [0.3, 0.4) is 0 Å². The Bertz CT molecular complexity index is 1270. The molecule has 0 spiro atoms. The standard InChI is InChI=1S/C26H28Cl2N4O5S/c1-25(2,3)36-23(33)32(24(34)37-26(4,5)6)21-19(27)17(12-13-29-21)38-18-14-30-20(28)22(31-18)35-15-16-10-8-7-9-11-16/h7-14H,15H2,1-6H3. The predicted octanol–water partition coefficient (Wildman–Crippen LogP) is 7.59. The van der Waals surface area contributed by atoms with Crippen LogP contribution in [0.15, 0.2) is 58.7 Å². The Balaban J connectivity index is 1.90. The zero-order valence-electron chi connectivity index (χ0n) is 21.8. The molecule has 1 aromatic carbocycles. The molecule has 202 valence electrons. The van der Waals surface area contributed by atoms with Crippen LogP contribution in [0.1, 0.15) is 47.1 Å². The molecule has 2 amide bonds. The monoisotopic (exact) mass is 578 g/mol. The SMILES string of the molecule is CC(C)(C)OC(=O)N(C(=O)OC(C)(C)C)c1nccc(Sc2cnc(Cl)c(OCc3ccccc3)n2)c1Cl. The van der Waals surface area contributed by atoms with Crippen LogP contribution in [-0.4, -0.2) is 38.3 Å². The molecule has 2 aromatic heterocycles. The van der Waals surface area contributed by atoms with Gasteiger partial charge in [0, 0.05) is 11.1 Å². The van der Waals surface area contributed by atoms with Gasteiger partial charge in [0.25, 0.3) is 5.88 Å². The second-order valence-electron chi connectivity index (χ2n) is 9.92. The Labute approximate surface area is 235 Å². The van der Waals surface area contributed by atoms with E-state index in [1.807, 2.05) is 30.3 Å². The topological polar surface area (TPSA) is 104 Å². The molecule has 38 heavy (non-hydrogen) atoms. The summed E-state index contributed by atoms with van der Waals surface area (Å²) in [5, 5.41) is 0.531. The van der Waals surface area contributed by atoms with Crippen molar-refractivity contribution >= 4 is 53.0 Å². The van der Waals surface area contributed by atoms with Gasteiger partial charge in [-0.05, 0) is 53.2 Å². The van der Waals surface area contributed by atoms with Crippen molar-refractivity contribution in [3.8, 4) is 5.88 Å². The molecule has 0 N–H and O–H groups in total. The molecule has 0 bridgehead atoms. The number of imide groups is 1. The van der Waals surface area contributed by atoms with Gasteiger partial charge in [0.05, 0.1) is 11.2 Å². The van der Waals surface area contributed by atoms with Gasteiger partial charge in [0.2, 0.25) is 0 Å². The first-order chi connectivity index (χ1) is 17.7. The number of anilines is 1. The zero-order chi connectivity index (χ0) is 28.1. The van der Waals surface area contributed by atoms with E-state index in [0.717, 1.165) is 17.3 Å². The first kappa shape index (κ1) is 29.5. The summed E-state index contributed by atoms with van der Waals surface area (Å²) < 4.78 is 16.6. The third kappa shape index (κ3) is 8.47. The number of carbonyl (C=O) groups is 2. The minimum atomic E-state index is -0.980. The van der Waals surface area contributed by atoms with E-state index in [0.29, 0.717) is 14.8 Å². The van der Waals surface area contributed by atoms with Gasteiger partial charge in [-0.1, -0.05) is 65.3 Å². The number of amides is 2. The average Bonchev–Trinajstić information content (AvgIpc) is 2.80. The molecule has 0 aliphatic rings.